The third kappa shape index (κ3) is 3.40. The Hall–Kier alpha value is -3.08. The topological polar surface area (TPSA) is 106 Å². The van der Waals surface area contributed by atoms with Gasteiger partial charge in [-0.25, -0.2) is 18.4 Å². The molecule has 1 aliphatic carbocycles. The van der Waals surface area contributed by atoms with Crippen molar-refractivity contribution in [2.75, 3.05) is 11.6 Å². The van der Waals surface area contributed by atoms with E-state index >= 15 is 0 Å². The average Bonchev–Trinajstić information content (AvgIpc) is 2.59. The first-order valence-electron chi connectivity index (χ1n) is 7.71. The van der Waals surface area contributed by atoms with Gasteiger partial charge in [0.1, 0.15) is 22.0 Å². The molecule has 0 atom stereocenters. The third-order valence-corrected chi connectivity index (χ3v) is 5.10. The summed E-state index contributed by atoms with van der Waals surface area (Å²) >= 11 is 0. The molecule has 1 heterocycles. The van der Waals surface area contributed by atoms with Gasteiger partial charge < -0.3 is 5.32 Å². The molecule has 1 aliphatic rings. The number of anilines is 1. The van der Waals surface area contributed by atoms with E-state index in [1.54, 1.807) is 0 Å². The molecule has 1 N–H and O–H groups in total. The number of aromatic nitrogens is 2. The molecular weight excluding hydrogens is 399 g/mol. The van der Waals surface area contributed by atoms with Crippen molar-refractivity contribution in [3.8, 4) is 0 Å². The zero-order valence-electron chi connectivity index (χ0n) is 14.5. The first-order chi connectivity index (χ1) is 12.9. The van der Waals surface area contributed by atoms with Crippen molar-refractivity contribution in [3.05, 3.63) is 63.7 Å². The van der Waals surface area contributed by atoms with Crippen LogP contribution in [0.3, 0.4) is 0 Å². The minimum absolute atomic E-state index is 0.0395. The highest BCUT2D eigenvalue weighted by atomic mass is 32.2. The van der Waals surface area contributed by atoms with E-state index in [1.807, 2.05) is 0 Å². The molecule has 2 aromatic rings. The number of Topliss-reactive ketones (excluding diaryl/α,β-unsaturated/α-hetero) is 2. The van der Waals surface area contributed by atoms with E-state index in [-0.39, 0.29) is 16.9 Å². The van der Waals surface area contributed by atoms with Gasteiger partial charge in [0.25, 0.3) is 0 Å². The molecule has 3 rings (SSSR count). The van der Waals surface area contributed by atoms with Crippen LogP contribution in [0, 0.1) is 6.92 Å². The van der Waals surface area contributed by atoms with Gasteiger partial charge >= 0.3 is 6.18 Å². The van der Waals surface area contributed by atoms with Crippen LogP contribution in [0.5, 0.6) is 0 Å². The number of hydrogen-bond donors (Lipinski definition) is 1. The fourth-order valence-electron chi connectivity index (χ4n) is 2.70. The summed E-state index contributed by atoms with van der Waals surface area (Å²) in [6, 6.07) is 2.67. The maximum absolute atomic E-state index is 12.8. The Balaban J connectivity index is 2.16. The SMILES string of the molecule is Cc1cc(C(F)(F)F)ccc1NC1=C(S(C)(=O)=O)C(=O)c2nccnc2C1=O. The Morgan fingerprint density at radius 2 is 1.57 bits per heavy atom. The summed E-state index contributed by atoms with van der Waals surface area (Å²) in [6.07, 6.45) is -1.51. The molecule has 0 amide bonds. The predicted octanol–water partition coefficient (Wildman–Crippen LogP) is 2.55. The fraction of sp³-hybridized carbons (Fsp3) is 0.176. The zero-order valence-corrected chi connectivity index (χ0v) is 15.3. The summed E-state index contributed by atoms with van der Waals surface area (Å²) in [5, 5.41) is 2.50. The number of carbonyl (C=O) groups excluding carboxylic acids is 2. The first kappa shape index (κ1) is 19.7. The number of alkyl halides is 3. The summed E-state index contributed by atoms with van der Waals surface area (Å²) < 4.78 is 62.8. The second kappa shape index (κ2) is 6.51. The number of aryl methyl sites for hydroxylation is 1. The summed E-state index contributed by atoms with van der Waals surface area (Å²) in [7, 11) is -4.17. The highest BCUT2D eigenvalue weighted by molar-refractivity contribution is 7.95. The van der Waals surface area contributed by atoms with Gasteiger partial charge in [-0.15, -0.1) is 0 Å². The summed E-state index contributed by atoms with van der Waals surface area (Å²) in [5.74, 6) is -1.92. The standard InChI is InChI=1S/C17H12F3N3O4S/c1-8-7-9(17(18,19)20)3-4-10(8)23-13-14(24)11-12(22-6-5-21-11)15(25)16(13)28(2,26)27/h3-7,23H,1-2H3. The summed E-state index contributed by atoms with van der Waals surface area (Å²) in [4.78, 5) is 32.0. The third-order valence-electron chi connectivity index (χ3n) is 3.97. The number of carbonyl (C=O) groups is 2. The van der Waals surface area contributed by atoms with E-state index in [1.165, 1.54) is 6.92 Å². The van der Waals surface area contributed by atoms with E-state index in [4.69, 9.17) is 0 Å². The molecule has 0 radical (unpaired) electrons. The van der Waals surface area contributed by atoms with Crippen LogP contribution < -0.4 is 5.32 Å². The normalized spacial score (nSPS) is 14.9. The zero-order chi connectivity index (χ0) is 20.9. The molecule has 11 heteroatoms. The number of rotatable bonds is 3. The Labute approximate surface area is 157 Å². The van der Waals surface area contributed by atoms with Gasteiger partial charge in [-0.05, 0) is 30.7 Å². The number of nitrogens with one attached hydrogen (secondary N) is 1. The van der Waals surface area contributed by atoms with Gasteiger partial charge in [0.05, 0.1) is 5.56 Å². The number of sulfone groups is 1. The van der Waals surface area contributed by atoms with Crippen LogP contribution in [-0.2, 0) is 16.0 Å². The molecule has 7 nitrogen and oxygen atoms in total. The number of benzene rings is 1. The Kier molecular flexibility index (Phi) is 4.58. The molecule has 0 aliphatic heterocycles. The van der Waals surface area contributed by atoms with E-state index in [9.17, 15) is 31.2 Å². The van der Waals surface area contributed by atoms with Crippen molar-refractivity contribution in [1.82, 2.24) is 9.97 Å². The maximum Gasteiger partial charge on any atom is 0.416 e. The smallest absolute Gasteiger partial charge is 0.351 e. The largest absolute Gasteiger partial charge is 0.416 e. The monoisotopic (exact) mass is 411 g/mol. The molecule has 0 unspecified atom stereocenters. The van der Waals surface area contributed by atoms with Gasteiger partial charge in [0.2, 0.25) is 11.6 Å². The lowest BCUT2D eigenvalue weighted by atomic mass is 10.0. The maximum atomic E-state index is 12.8. The summed E-state index contributed by atoms with van der Waals surface area (Å²) in [6.45, 7) is 1.35. The van der Waals surface area contributed by atoms with Crippen molar-refractivity contribution in [1.29, 1.82) is 0 Å². The number of hydrogen-bond acceptors (Lipinski definition) is 7. The number of ketones is 2. The molecule has 146 valence electrons. The van der Waals surface area contributed by atoms with Crippen molar-refractivity contribution in [2.45, 2.75) is 13.1 Å². The molecular formula is C17H12F3N3O4S. The molecule has 0 spiro atoms. The number of halogens is 3. The molecule has 1 aromatic heterocycles. The van der Waals surface area contributed by atoms with Gasteiger partial charge in [0.15, 0.2) is 9.84 Å². The second-order valence-corrected chi connectivity index (χ2v) is 7.99. The van der Waals surface area contributed by atoms with Crippen LogP contribution in [0.15, 0.2) is 41.2 Å². The molecule has 0 fully saturated rings. The molecule has 0 bridgehead atoms. The van der Waals surface area contributed by atoms with Crippen LogP contribution in [0.2, 0.25) is 0 Å². The molecule has 1 aromatic carbocycles. The van der Waals surface area contributed by atoms with Crippen LogP contribution in [0.4, 0.5) is 18.9 Å². The summed E-state index contributed by atoms with van der Waals surface area (Å²) in [5.41, 5.74) is -2.09. The fourth-order valence-corrected chi connectivity index (χ4v) is 3.64. The molecule has 28 heavy (non-hydrogen) atoms. The van der Waals surface area contributed by atoms with Crippen LogP contribution in [-0.4, -0.2) is 36.2 Å². The van der Waals surface area contributed by atoms with E-state index in [2.05, 4.69) is 15.3 Å². The van der Waals surface area contributed by atoms with Gasteiger partial charge in [-0.1, -0.05) is 0 Å². The predicted molar refractivity (Wildman–Crippen MR) is 92.4 cm³/mol. The van der Waals surface area contributed by atoms with E-state index < -0.39 is 49.4 Å². The minimum atomic E-state index is -4.56. The number of fused-ring (bicyclic) bond motifs is 1. The highest BCUT2D eigenvalue weighted by Gasteiger charge is 2.39. The van der Waals surface area contributed by atoms with E-state index in [0.29, 0.717) is 0 Å². The lowest BCUT2D eigenvalue weighted by molar-refractivity contribution is -0.137. The second-order valence-electron chi connectivity index (χ2n) is 6.04. The quantitative estimate of drug-likeness (QED) is 0.827. The van der Waals surface area contributed by atoms with Crippen molar-refractivity contribution < 1.29 is 31.2 Å². The number of allylic oxidation sites excluding steroid dienone is 2. The van der Waals surface area contributed by atoms with Crippen LogP contribution in [0.1, 0.15) is 32.1 Å². The number of nitrogens with zero attached hydrogens (tertiary/aromatic N) is 2. The van der Waals surface area contributed by atoms with Crippen molar-refractivity contribution >= 4 is 27.1 Å². The lowest BCUT2D eigenvalue weighted by Crippen LogP contribution is -2.31. The van der Waals surface area contributed by atoms with Crippen molar-refractivity contribution in [2.24, 2.45) is 0 Å². The van der Waals surface area contributed by atoms with Crippen LogP contribution >= 0.6 is 0 Å². The van der Waals surface area contributed by atoms with E-state index in [0.717, 1.165) is 36.8 Å². The van der Waals surface area contributed by atoms with Gasteiger partial charge in [0, 0.05) is 24.3 Å². The molecule has 0 saturated heterocycles. The Bertz CT molecular complexity index is 1150. The lowest BCUT2D eigenvalue weighted by Gasteiger charge is -2.20. The highest BCUT2D eigenvalue weighted by Crippen LogP contribution is 2.33. The first-order valence-corrected chi connectivity index (χ1v) is 9.60. The van der Waals surface area contributed by atoms with Gasteiger partial charge in [-0.3, -0.25) is 9.59 Å². The Morgan fingerprint density at radius 1 is 1.00 bits per heavy atom. The van der Waals surface area contributed by atoms with Crippen LogP contribution in [0.25, 0.3) is 0 Å². The van der Waals surface area contributed by atoms with Crippen molar-refractivity contribution in [3.63, 3.8) is 0 Å². The Morgan fingerprint density at radius 3 is 2.07 bits per heavy atom. The molecule has 0 saturated carbocycles. The average molecular weight is 411 g/mol. The minimum Gasteiger partial charge on any atom is -0.351 e. The van der Waals surface area contributed by atoms with Gasteiger partial charge in [-0.2, -0.15) is 13.2 Å².